The number of carbonyl (C=O) groups is 2. The van der Waals surface area contributed by atoms with E-state index in [2.05, 4.69) is 26.1 Å². The van der Waals surface area contributed by atoms with E-state index in [0.29, 0.717) is 0 Å². The molecule has 0 bridgehead atoms. The number of hydrogen-bond donors (Lipinski definition) is 3. The highest BCUT2D eigenvalue weighted by atomic mass is 16.3. The van der Waals surface area contributed by atoms with E-state index in [0.717, 1.165) is 11.3 Å². The van der Waals surface area contributed by atoms with E-state index in [1.165, 1.54) is 0 Å². The van der Waals surface area contributed by atoms with Crippen molar-refractivity contribution >= 4 is 11.8 Å². The van der Waals surface area contributed by atoms with E-state index < -0.39 is 17.4 Å². The van der Waals surface area contributed by atoms with Crippen LogP contribution in [-0.2, 0) is 9.59 Å². The van der Waals surface area contributed by atoms with Gasteiger partial charge in [-0.3, -0.25) is 9.59 Å². The largest absolute Gasteiger partial charge is 0.395 e. The molecule has 0 heterocycles. The Morgan fingerprint density at radius 1 is 1.00 bits per heavy atom. The standard InChI is InChI=1S/C14H28N2O4/c1-13(2,3)10-14(4,5)15-11(19)12(20)16(6-8-17)7-9-18/h17-18H,6-10H2,1-5H3,(H,15,19). The van der Waals surface area contributed by atoms with Crippen LogP contribution in [0.4, 0.5) is 0 Å². The van der Waals surface area contributed by atoms with Crippen molar-refractivity contribution in [2.75, 3.05) is 26.3 Å². The third-order valence-electron chi connectivity index (χ3n) is 2.65. The highest BCUT2D eigenvalue weighted by molar-refractivity contribution is 6.35. The van der Waals surface area contributed by atoms with Gasteiger partial charge >= 0.3 is 11.8 Å². The number of aliphatic hydroxyl groups excluding tert-OH is 2. The third kappa shape index (κ3) is 7.45. The van der Waals surface area contributed by atoms with E-state index in [-0.39, 0.29) is 31.7 Å². The first-order chi connectivity index (χ1) is 9.02. The van der Waals surface area contributed by atoms with Gasteiger partial charge in [-0.15, -0.1) is 0 Å². The number of aliphatic hydroxyl groups is 2. The van der Waals surface area contributed by atoms with Gasteiger partial charge in [-0.1, -0.05) is 20.8 Å². The zero-order valence-electron chi connectivity index (χ0n) is 13.2. The van der Waals surface area contributed by atoms with E-state index in [9.17, 15) is 9.59 Å². The summed E-state index contributed by atoms with van der Waals surface area (Å²) in [4.78, 5) is 25.1. The average molecular weight is 288 g/mol. The summed E-state index contributed by atoms with van der Waals surface area (Å²) in [5.41, 5.74) is -0.481. The molecule has 0 aromatic heterocycles. The van der Waals surface area contributed by atoms with Crippen LogP contribution in [0, 0.1) is 5.41 Å². The van der Waals surface area contributed by atoms with Crippen LogP contribution in [-0.4, -0.2) is 58.8 Å². The molecular formula is C14H28N2O4. The van der Waals surface area contributed by atoms with Crippen molar-refractivity contribution < 1.29 is 19.8 Å². The van der Waals surface area contributed by atoms with Gasteiger partial charge < -0.3 is 20.4 Å². The molecule has 2 amide bonds. The molecular weight excluding hydrogens is 260 g/mol. The number of hydrogen-bond acceptors (Lipinski definition) is 4. The molecule has 6 heteroatoms. The Kier molecular flexibility index (Phi) is 7.16. The first-order valence-corrected chi connectivity index (χ1v) is 6.85. The van der Waals surface area contributed by atoms with Gasteiger partial charge in [-0.2, -0.15) is 0 Å². The van der Waals surface area contributed by atoms with Crippen LogP contribution in [0.2, 0.25) is 0 Å². The molecule has 3 N–H and O–H groups in total. The fraction of sp³-hybridized carbons (Fsp3) is 0.857. The third-order valence-corrected chi connectivity index (χ3v) is 2.65. The molecule has 0 unspecified atom stereocenters. The lowest BCUT2D eigenvalue weighted by Gasteiger charge is -2.33. The Labute approximate surface area is 121 Å². The zero-order chi connectivity index (χ0) is 16.0. The molecule has 0 aliphatic rings. The second-order valence-corrected chi connectivity index (χ2v) is 6.81. The summed E-state index contributed by atoms with van der Waals surface area (Å²) in [6.07, 6.45) is 0.721. The van der Waals surface area contributed by atoms with E-state index in [1.54, 1.807) is 0 Å². The van der Waals surface area contributed by atoms with Gasteiger partial charge in [0.15, 0.2) is 0 Å². The van der Waals surface area contributed by atoms with Crippen molar-refractivity contribution in [1.29, 1.82) is 0 Å². The Balaban J connectivity index is 4.68. The molecule has 0 saturated carbocycles. The molecule has 0 radical (unpaired) electrons. The number of nitrogens with zero attached hydrogens (tertiary/aromatic N) is 1. The monoisotopic (exact) mass is 288 g/mol. The molecule has 0 aromatic rings. The Bertz CT molecular complexity index is 329. The van der Waals surface area contributed by atoms with Gasteiger partial charge in [-0.05, 0) is 25.7 Å². The van der Waals surface area contributed by atoms with Gasteiger partial charge in [0.2, 0.25) is 0 Å². The fourth-order valence-corrected chi connectivity index (χ4v) is 2.43. The van der Waals surface area contributed by atoms with E-state index in [1.807, 2.05) is 13.8 Å². The fourth-order valence-electron chi connectivity index (χ4n) is 2.43. The lowest BCUT2D eigenvalue weighted by molar-refractivity contribution is -0.147. The summed E-state index contributed by atoms with van der Waals surface area (Å²) in [6, 6.07) is 0. The predicted octanol–water partition coefficient (Wildman–Crippen LogP) is 0.131. The molecule has 0 fully saturated rings. The van der Waals surface area contributed by atoms with Crippen LogP contribution in [0.25, 0.3) is 0 Å². The predicted molar refractivity (Wildman–Crippen MR) is 77.0 cm³/mol. The smallest absolute Gasteiger partial charge is 0.312 e. The Morgan fingerprint density at radius 3 is 1.80 bits per heavy atom. The lowest BCUT2D eigenvalue weighted by atomic mass is 9.82. The Hall–Kier alpha value is -1.14. The molecule has 0 atom stereocenters. The lowest BCUT2D eigenvalue weighted by Crippen LogP contribution is -2.52. The summed E-state index contributed by atoms with van der Waals surface area (Å²) in [5.74, 6) is -1.43. The number of amides is 2. The normalized spacial score (nSPS) is 12.2. The molecule has 20 heavy (non-hydrogen) atoms. The van der Waals surface area contributed by atoms with Gasteiger partial charge in [-0.25, -0.2) is 0 Å². The molecule has 0 spiro atoms. The second kappa shape index (κ2) is 7.59. The average Bonchev–Trinajstić information content (AvgIpc) is 2.23. The van der Waals surface area contributed by atoms with Gasteiger partial charge in [0, 0.05) is 18.6 Å². The summed E-state index contributed by atoms with van der Waals surface area (Å²) >= 11 is 0. The van der Waals surface area contributed by atoms with Crippen LogP contribution in [0.3, 0.4) is 0 Å². The number of nitrogens with one attached hydrogen (secondary N) is 1. The van der Waals surface area contributed by atoms with Crippen molar-refractivity contribution in [3.63, 3.8) is 0 Å². The van der Waals surface area contributed by atoms with Crippen molar-refractivity contribution in [3.05, 3.63) is 0 Å². The molecule has 0 saturated heterocycles. The highest BCUT2D eigenvalue weighted by Crippen LogP contribution is 2.26. The van der Waals surface area contributed by atoms with E-state index >= 15 is 0 Å². The second-order valence-electron chi connectivity index (χ2n) is 6.81. The minimum absolute atomic E-state index is 0.0235. The van der Waals surface area contributed by atoms with E-state index in [4.69, 9.17) is 10.2 Å². The first-order valence-electron chi connectivity index (χ1n) is 6.85. The topological polar surface area (TPSA) is 89.9 Å². The molecule has 118 valence electrons. The van der Waals surface area contributed by atoms with Crippen LogP contribution >= 0.6 is 0 Å². The van der Waals surface area contributed by atoms with Crippen LogP contribution in [0.1, 0.15) is 41.0 Å². The minimum Gasteiger partial charge on any atom is -0.395 e. The SMILES string of the molecule is CC(C)(C)CC(C)(C)NC(=O)C(=O)N(CCO)CCO. The summed E-state index contributed by atoms with van der Waals surface area (Å²) in [5, 5.41) is 20.5. The maximum absolute atomic E-state index is 12.0. The summed E-state index contributed by atoms with van der Waals surface area (Å²) in [7, 11) is 0. The summed E-state index contributed by atoms with van der Waals surface area (Å²) < 4.78 is 0. The van der Waals surface area contributed by atoms with Gasteiger partial charge in [0.05, 0.1) is 13.2 Å². The van der Waals surface area contributed by atoms with Crippen LogP contribution < -0.4 is 5.32 Å². The van der Waals surface area contributed by atoms with Gasteiger partial charge in [0.25, 0.3) is 0 Å². The van der Waals surface area contributed by atoms with Crippen molar-refractivity contribution in [2.45, 2.75) is 46.6 Å². The molecule has 0 aliphatic heterocycles. The quantitative estimate of drug-likeness (QED) is 0.606. The first kappa shape index (κ1) is 18.9. The van der Waals surface area contributed by atoms with Crippen LogP contribution in [0.15, 0.2) is 0 Å². The number of carbonyl (C=O) groups excluding carboxylic acids is 2. The maximum atomic E-state index is 12.0. The Morgan fingerprint density at radius 2 is 1.45 bits per heavy atom. The molecule has 0 aliphatic carbocycles. The van der Waals surface area contributed by atoms with Crippen molar-refractivity contribution in [1.82, 2.24) is 10.2 Å². The van der Waals surface area contributed by atoms with Gasteiger partial charge in [0.1, 0.15) is 0 Å². The number of rotatable bonds is 6. The highest BCUT2D eigenvalue weighted by Gasteiger charge is 2.30. The molecule has 0 rings (SSSR count). The van der Waals surface area contributed by atoms with Crippen LogP contribution in [0.5, 0.6) is 0 Å². The maximum Gasteiger partial charge on any atom is 0.312 e. The minimum atomic E-state index is -0.727. The van der Waals surface area contributed by atoms with Crippen molar-refractivity contribution in [2.24, 2.45) is 5.41 Å². The summed E-state index contributed by atoms with van der Waals surface area (Å²) in [6.45, 7) is 9.50. The molecule has 0 aromatic carbocycles. The van der Waals surface area contributed by atoms with Crippen molar-refractivity contribution in [3.8, 4) is 0 Å². The zero-order valence-corrected chi connectivity index (χ0v) is 13.2. The molecule has 6 nitrogen and oxygen atoms in total.